The Morgan fingerprint density at radius 1 is 1.27 bits per heavy atom. The van der Waals surface area contributed by atoms with E-state index in [1.165, 1.54) is 38.5 Å². The average molecular weight is 213 g/mol. The molecule has 0 saturated carbocycles. The van der Waals surface area contributed by atoms with Gasteiger partial charge in [0.1, 0.15) is 0 Å². The molecule has 1 aliphatic heterocycles. The van der Waals surface area contributed by atoms with E-state index in [0.29, 0.717) is 6.10 Å². The van der Waals surface area contributed by atoms with Gasteiger partial charge in [0, 0.05) is 6.54 Å². The molecule has 2 nitrogen and oxygen atoms in total. The monoisotopic (exact) mass is 213 g/mol. The zero-order chi connectivity index (χ0) is 11.1. The molecule has 0 aromatic carbocycles. The second-order valence-electron chi connectivity index (χ2n) is 5.30. The molecule has 1 unspecified atom stereocenters. The van der Waals surface area contributed by atoms with E-state index in [1.54, 1.807) is 0 Å². The highest BCUT2D eigenvalue weighted by molar-refractivity contribution is 4.81. The predicted octanol–water partition coefficient (Wildman–Crippen LogP) is 3.11. The molecule has 0 bridgehead atoms. The summed E-state index contributed by atoms with van der Waals surface area (Å²) in [5, 5.41) is 3.50. The Kier molecular flexibility index (Phi) is 5.62. The number of unbranched alkanes of at least 4 members (excludes halogenated alkanes) is 3. The van der Waals surface area contributed by atoms with Gasteiger partial charge in [-0.3, -0.25) is 0 Å². The van der Waals surface area contributed by atoms with Crippen molar-refractivity contribution in [2.75, 3.05) is 13.1 Å². The zero-order valence-electron chi connectivity index (χ0n) is 10.6. The first-order valence-corrected chi connectivity index (χ1v) is 6.52. The Bertz CT molecular complexity index is 168. The van der Waals surface area contributed by atoms with Gasteiger partial charge in [-0.1, -0.05) is 26.2 Å². The minimum Gasteiger partial charge on any atom is -0.371 e. The molecule has 1 rings (SSSR count). The Balaban J connectivity index is 1.93. The van der Waals surface area contributed by atoms with Gasteiger partial charge in [0.05, 0.1) is 11.7 Å². The summed E-state index contributed by atoms with van der Waals surface area (Å²) < 4.78 is 5.91. The molecule has 1 N–H and O–H groups in total. The molecule has 0 aromatic rings. The van der Waals surface area contributed by atoms with Crippen molar-refractivity contribution in [3.05, 3.63) is 0 Å². The van der Waals surface area contributed by atoms with E-state index in [2.05, 4.69) is 26.1 Å². The first-order chi connectivity index (χ1) is 7.14. The van der Waals surface area contributed by atoms with Gasteiger partial charge in [0.15, 0.2) is 0 Å². The van der Waals surface area contributed by atoms with Crippen LogP contribution in [-0.2, 0) is 4.74 Å². The standard InChI is InChI=1S/C13H27NO/c1-4-5-6-7-10-14-11-12-8-9-13(2,3)15-12/h12,14H,4-11H2,1-3H3. The number of rotatable bonds is 7. The van der Waals surface area contributed by atoms with Crippen molar-refractivity contribution >= 4 is 0 Å². The first kappa shape index (κ1) is 13.0. The van der Waals surface area contributed by atoms with Gasteiger partial charge in [-0.25, -0.2) is 0 Å². The molecule has 0 amide bonds. The summed E-state index contributed by atoms with van der Waals surface area (Å²) in [6, 6.07) is 0. The Morgan fingerprint density at radius 3 is 2.67 bits per heavy atom. The van der Waals surface area contributed by atoms with Crippen LogP contribution in [-0.4, -0.2) is 24.8 Å². The van der Waals surface area contributed by atoms with Gasteiger partial charge >= 0.3 is 0 Å². The van der Waals surface area contributed by atoms with Crippen LogP contribution in [0.2, 0.25) is 0 Å². The molecule has 1 atom stereocenters. The van der Waals surface area contributed by atoms with Crippen molar-refractivity contribution in [2.45, 2.75) is 71.0 Å². The van der Waals surface area contributed by atoms with Crippen molar-refractivity contribution in [1.82, 2.24) is 5.32 Å². The van der Waals surface area contributed by atoms with Gasteiger partial charge in [0.25, 0.3) is 0 Å². The fraction of sp³-hybridized carbons (Fsp3) is 1.00. The minimum atomic E-state index is 0.120. The lowest BCUT2D eigenvalue weighted by molar-refractivity contribution is -0.0141. The molecular formula is C13H27NO. The number of hydrogen-bond donors (Lipinski definition) is 1. The van der Waals surface area contributed by atoms with Gasteiger partial charge in [-0.05, 0) is 39.7 Å². The molecule has 90 valence electrons. The minimum absolute atomic E-state index is 0.120. The lowest BCUT2D eigenvalue weighted by Crippen LogP contribution is -2.29. The third kappa shape index (κ3) is 5.53. The molecule has 2 heteroatoms. The number of ether oxygens (including phenoxy) is 1. The highest BCUT2D eigenvalue weighted by Gasteiger charge is 2.30. The smallest absolute Gasteiger partial charge is 0.0707 e. The van der Waals surface area contributed by atoms with Gasteiger partial charge in [-0.15, -0.1) is 0 Å². The molecule has 15 heavy (non-hydrogen) atoms. The highest BCUT2D eigenvalue weighted by atomic mass is 16.5. The maximum absolute atomic E-state index is 5.91. The van der Waals surface area contributed by atoms with Crippen LogP contribution in [0.3, 0.4) is 0 Å². The van der Waals surface area contributed by atoms with Crippen molar-refractivity contribution in [2.24, 2.45) is 0 Å². The van der Waals surface area contributed by atoms with E-state index in [9.17, 15) is 0 Å². The second-order valence-corrected chi connectivity index (χ2v) is 5.30. The summed E-state index contributed by atoms with van der Waals surface area (Å²) in [6.07, 6.45) is 8.23. The molecule has 0 spiro atoms. The van der Waals surface area contributed by atoms with Crippen LogP contribution in [0.4, 0.5) is 0 Å². The molecule has 1 saturated heterocycles. The summed E-state index contributed by atoms with van der Waals surface area (Å²) in [5.41, 5.74) is 0.120. The van der Waals surface area contributed by atoms with E-state index in [1.807, 2.05) is 0 Å². The summed E-state index contributed by atoms with van der Waals surface area (Å²) in [7, 11) is 0. The summed E-state index contributed by atoms with van der Waals surface area (Å²) in [5.74, 6) is 0. The van der Waals surface area contributed by atoms with Crippen LogP contribution in [0.25, 0.3) is 0 Å². The SMILES string of the molecule is CCCCCCNCC1CCC(C)(C)O1. The van der Waals surface area contributed by atoms with Gasteiger partial charge < -0.3 is 10.1 Å². The summed E-state index contributed by atoms with van der Waals surface area (Å²) in [4.78, 5) is 0. The van der Waals surface area contributed by atoms with Crippen LogP contribution >= 0.6 is 0 Å². The van der Waals surface area contributed by atoms with E-state index >= 15 is 0 Å². The van der Waals surface area contributed by atoms with Crippen LogP contribution in [0.15, 0.2) is 0 Å². The van der Waals surface area contributed by atoms with E-state index < -0.39 is 0 Å². The Hall–Kier alpha value is -0.0800. The largest absolute Gasteiger partial charge is 0.371 e. The quantitative estimate of drug-likeness (QED) is 0.656. The molecule has 0 aliphatic carbocycles. The molecule has 0 aromatic heterocycles. The van der Waals surface area contributed by atoms with Crippen LogP contribution in [0.5, 0.6) is 0 Å². The Morgan fingerprint density at radius 2 is 2.07 bits per heavy atom. The topological polar surface area (TPSA) is 21.3 Å². The van der Waals surface area contributed by atoms with E-state index in [0.717, 1.165) is 13.1 Å². The lowest BCUT2D eigenvalue weighted by atomic mass is 10.1. The number of nitrogens with one attached hydrogen (secondary N) is 1. The van der Waals surface area contributed by atoms with Crippen LogP contribution in [0.1, 0.15) is 59.3 Å². The molecular weight excluding hydrogens is 186 g/mol. The van der Waals surface area contributed by atoms with Crippen LogP contribution in [0, 0.1) is 0 Å². The second kappa shape index (κ2) is 6.49. The molecule has 0 radical (unpaired) electrons. The highest BCUT2D eigenvalue weighted by Crippen LogP contribution is 2.28. The third-order valence-electron chi connectivity index (χ3n) is 3.13. The maximum Gasteiger partial charge on any atom is 0.0707 e. The normalized spacial score (nSPS) is 24.6. The zero-order valence-corrected chi connectivity index (χ0v) is 10.6. The summed E-state index contributed by atoms with van der Waals surface area (Å²) in [6.45, 7) is 8.82. The number of hydrogen-bond acceptors (Lipinski definition) is 2. The van der Waals surface area contributed by atoms with Crippen molar-refractivity contribution in [3.8, 4) is 0 Å². The van der Waals surface area contributed by atoms with Crippen molar-refractivity contribution in [3.63, 3.8) is 0 Å². The van der Waals surface area contributed by atoms with Gasteiger partial charge in [-0.2, -0.15) is 0 Å². The fourth-order valence-corrected chi connectivity index (χ4v) is 2.16. The lowest BCUT2D eigenvalue weighted by Gasteiger charge is -2.19. The molecule has 1 aliphatic rings. The van der Waals surface area contributed by atoms with E-state index in [4.69, 9.17) is 4.74 Å². The predicted molar refractivity (Wildman–Crippen MR) is 65.2 cm³/mol. The van der Waals surface area contributed by atoms with Crippen molar-refractivity contribution < 1.29 is 4.74 Å². The van der Waals surface area contributed by atoms with Gasteiger partial charge in [0.2, 0.25) is 0 Å². The molecule has 1 fully saturated rings. The van der Waals surface area contributed by atoms with Crippen LogP contribution < -0.4 is 5.32 Å². The molecule has 1 heterocycles. The third-order valence-corrected chi connectivity index (χ3v) is 3.13. The maximum atomic E-state index is 5.91. The summed E-state index contributed by atoms with van der Waals surface area (Å²) >= 11 is 0. The fourth-order valence-electron chi connectivity index (χ4n) is 2.16. The van der Waals surface area contributed by atoms with Crippen molar-refractivity contribution in [1.29, 1.82) is 0 Å². The first-order valence-electron chi connectivity index (χ1n) is 6.52. The van der Waals surface area contributed by atoms with E-state index in [-0.39, 0.29) is 5.60 Å². The average Bonchev–Trinajstić information content (AvgIpc) is 2.52. The Labute approximate surface area is 94.8 Å².